The van der Waals surface area contributed by atoms with E-state index in [0.717, 1.165) is 23.4 Å². The molecule has 0 amide bonds. The lowest BCUT2D eigenvalue weighted by atomic mass is 9.98. The Bertz CT molecular complexity index is 576. The maximum atomic E-state index is 4.40. The third kappa shape index (κ3) is 2.50. The molecule has 3 rings (SSSR count). The Morgan fingerprint density at radius 3 is 3.00 bits per heavy atom. The lowest BCUT2D eigenvalue weighted by Gasteiger charge is -2.41. The van der Waals surface area contributed by atoms with Crippen molar-refractivity contribution in [1.29, 1.82) is 0 Å². The Kier molecular flexibility index (Phi) is 3.61. The highest BCUT2D eigenvalue weighted by atomic mass is 15.2. The van der Waals surface area contributed by atoms with Gasteiger partial charge in [-0.1, -0.05) is 0 Å². The summed E-state index contributed by atoms with van der Waals surface area (Å²) in [6.45, 7) is 7.95. The molecule has 1 aliphatic rings. The van der Waals surface area contributed by atoms with Crippen LogP contribution >= 0.6 is 0 Å². The van der Waals surface area contributed by atoms with Gasteiger partial charge in [0.05, 0.1) is 5.39 Å². The fourth-order valence-electron chi connectivity index (χ4n) is 3.15. The Hall–Kier alpha value is -1.62. The molecule has 2 atom stereocenters. The van der Waals surface area contributed by atoms with Crippen molar-refractivity contribution in [2.45, 2.75) is 51.7 Å². The molecule has 0 radical (unpaired) electrons. The third-order valence-corrected chi connectivity index (χ3v) is 4.29. The molecule has 1 fully saturated rings. The molecule has 108 valence electrons. The first-order valence-corrected chi connectivity index (χ1v) is 7.45. The zero-order chi connectivity index (χ0) is 14.1. The van der Waals surface area contributed by atoms with Gasteiger partial charge in [-0.2, -0.15) is 0 Å². The first-order chi connectivity index (χ1) is 9.65. The predicted molar refractivity (Wildman–Crippen MR) is 81.8 cm³/mol. The molecule has 5 heteroatoms. The molecule has 0 bridgehead atoms. The third-order valence-electron chi connectivity index (χ3n) is 4.29. The second-order valence-electron chi connectivity index (χ2n) is 6.02. The van der Waals surface area contributed by atoms with Crippen LogP contribution in [0.15, 0.2) is 18.6 Å². The summed E-state index contributed by atoms with van der Waals surface area (Å²) in [6.07, 6.45) is 5.96. The number of aromatic amines is 1. The van der Waals surface area contributed by atoms with Crippen molar-refractivity contribution in [1.82, 2.24) is 19.9 Å². The van der Waals surface area contributed by atoms with Crippen molar-refractivity contribution in [3.05, 3.63) is 18.6 Å². The second-order valence-corrected chi connectivity index (χ2v) is 6.02. The molecule has 1 saturated heterocycles. The van der Waals surface area contributed by atoms with Crippen LogP contribution in [0.25, 0.3) is 11.0 Å². The normalized spacial score (nSPS) is 24.4. The smallest absolute Gasteiger partial charge is 0.142 e. The molecule has 5 nitrogen and oxygen atoms in total. The van der Waals surface area contributed by atoms with Crippen molar-refractivity contribution < 1.29 is 0 Å². The van der Waals surface area contributed by atoms with Crippen LogP contribution in [0.5, 0.6) is 0 Å². The van der Waals surface area contributed by atoms with Gasteiger partial charge in [0, 0.05) is 30.9 Å². The van der Waals surface area contributed by atoms with Crippen molar-refractivity contribution in [3.8, 4) is 0 Å². The SMILES string of the molecule is CC(C)N1C[C@H](Nc2ncnc3[nH]ccc23)CC[C@@H]1C. The van der Waals surface area contributed by atoms with E-state index in [0.29, 0.717) is 18.1 Å². The summed E-state index contributed by atoms with van der Waals surface area (Å²) in [5.74, 6) is 0.944. The zero-order valence-corrected chi connectivity index (χ0v) is 12.4. The highest BCUT2D eigenvalue weighted by Crippen LogP contribution is 2.24. The molecule has 3 heterocycles. The number of hydrogen-bond donors (Lipinski definition) is 2. The molecule has 0 saturated carbocycles. The van der Waals surface area contributed by atoms with Gasteiger partial charge in [0.25, 0.3) is 0 Å². The van der Waals surface area contributed by atoms with Crippen LogP contribution in [0.1, 0.15) is 33.6 Å². The molecule has 0 aromatic carbocycles. The van der Waals surface area contributed by atoms with Gasteiger partial charge < -0.3 is 10.3 Å². The van der Waals surface area contributed by atoms with Gasteiger partial charge in [0.15, 0.2) is 0 Å². The number of nitrogens with zero attached hydrogens (tertiary/aromatic N) is 3. The Labute approximate surface area is 119 Å². The summed E-state index contributed by atoms with van der Waals surface area (Å²) in [6, 6.07) is 3.75. The van der Waals surface area contributed by atoms with E-state index in [1.54, 1.807) is 6.33 Å². The number of anilines is 1. The van der Waals surface area contributed by atoms with E-state index >= 15 is 0 Å². The van der Waals surface area contributed by atoms with Crippen molar-refractivity contribution >= 4 is 16.9 Å². The average molecular weight is 273 g/mol. The van der Waals surface area contributed by atoms with E-state index in [-0.39, 0.29) is 0 Å². The van der Waals surface area contributed by atoms with E-state index in [1.165, 1.54) is 12.8 Å². The van der Waals surface area contributed by atoms with Crippen LogP contribution in [0, 0.1) is 0 Å². The summed E-state index contributed by atoms with van der Waals surface area (Å²) in [5.41, 5.74) is 0.896. The van der Waals surface area contributed by atoms with Gasteiger partial charge in [-0.3, -0.25) is 4.90 Å². The summed E-state index contributed by atoms with van der Waals surface area (Å²) in [4.78, 5) is 14.3. The van der Waals surface area contributed by atoms with Crippen LogP contribution in [0.3, 0.4) is 0 Å². The summed E-state index contributed by atoms with van der Waals surface area (Å²) >= 11 is 0. The molecular formula is C15H23N5. The number of hydrogen-bond acceptors (Lipinski definition) is 4. The van der Waals surface area contributed by atoms with E-state index in [1.807, 2.05) is 12.3 Å². The van der Waals surface area contributed by atoms with E-state index in [4.69, 9.17) is 0 Å². The number of rotatable bonds is 3. The van der Waals surface area contributed by atoms with Crippen molar-refractivity contribution in [2.24, 2.45) is 0 Å². The molecule has 1 aliphatic heterocycles. The number of likely N-dealkylation sites (tertiary alicyclic amines) is 1. The van der Waals surface area contributed by atoms with Crippen molar-refractivity contribution in [2.75, 3.05) is 11.9 Å². The van der Waals surface area contributed by atoms with Gasteiger partial charge in [-0.15, -0.1) is 0 Å². The van der Waals surface area contributed by atoms with Crippen LogP contribution in [-0.2, 0) is 0 Å². The fourth-order valence-corrected chi connectivity index (χ4v) is 3.15. The summed E-state index contributed by atoms with van der Waals surface area (Å²) in [5, 5.41) is 4.67. The van der Waals surface area contributed by atoms with Gasteiger partial charge >= 0.3 is 0 Å². The molecule has 20 heavy (non-hydrogen) atoms. The second kappa shape index (κ2) is 5.40. The van der Waals surface area contributed by atoms with Gasteiger partial charge in [0.1, 0.15) is 17.8 Å². The van der Waals surface area contributed by atoms with E-state index in [9.17, 15) is 0 Å². The summed E-state index contributed by atoms with van der Waals surface area (Å²) in [7, 11) is 0. The highest BCUT2D eigenvalue weighted by Gasteiger charge is 2.27. The minimum atomic E-state index is 0.460. The lowest BCUT2D eigenvalue weighted by molar-refractivity contribution is 0.115. The number of piperidine rings is 1. The highest BCUT2D eigenvalue weighted by molar-refractivity contribution is 5.86. The van der Waals surface area contributed by atoms with Crippen LogP contribution in [0.2, 0.25) is 0 Å². The van der Waals surface area contributed by atoms with Crippen LogP contribution in [0.4, 0.5) is 5.82 Å². The quantitative estimate of drug-likeness (QED) is 0.902. The van der Waals surface area contributed by atoms with Crippen LogP contribution < -0.4 is 5.32 Å². The van der Waals surface area contributed by atoms with Crippen molar-refractivity contribution in [3.63, 3.8) is 0 Å². The number of nitrogens with one attached hydrogen (secondary N) is 2. The maximum Gasteiger partial charge on any atom is 0.142 e. The minimum Gasteiger partial charge on any atom is -0.365 e. The largest absolute Gasteiger partial charge is 0.365 e. The van der Waals surface area contributed by atoms with Crippen LogP contribution in [-0.4, -0.2) is 44.5 Å². The molecule has 2 aromatic rings. The Morgan fingerprint density at radius 2 is 2.20 bits per heavy atom. The molecular weight excluding hydrogens is 250 g/mol. The lowest BCUT2D eigenvalue weighted by Crippen LogP contribution is -2.49. The first-order valence-electron chi connectivity index (χ1n) is 7.45. The standard InChI is InChI=1S/C15H23N5/c1-10(2)20-8-12(5-4-11(20)3)19-15-13-6-7-16-14(13)17-9-18-15/h6-7,9-12H,4-5,8H2,1-3H3,(H2,16,17,18,19)/t11-,12+/m0/s1. The monoisotopic (exact) mass is 273 g/mol. The molecule has 0 unspecified atom stereocenters. The van der Waals surface area contributed by atoms with E-state index in [2.05, 4.69) is 45.9 Å². The van der Waals surface area contributed by atoms with Gasteiger partial charge in [-0.05, 0) is 39.7 Å². The molecule has 0 spiro atoms. The summed E-state index contributed by atoms with van der Waals surface area (Å²) < 4.78 is 0. The molecule has 2 aromatic heterocycles. The molecule has 2 N–H and O–H groups in total. The number of fused-ring (bicyclic) bond motifs is 1. The minimum absolute atomic E-state index is 0.460. The topological polar surface area (TPSA) is 56.8 Å². The average Bonchev–Trinajstić information content (AvgIpc) is 2.90. The molecule has 0 aliphatic carbocycles. The number of H-pyrrole nitrogens is 1. The maximum absolute atomic E-state index is 4.40. The van der Waals surface area contributed by atoms with Gasteiger partial charge in [0.2, 0.25) is 0 Å². The Morgan fingerprint density at radius 1 is 1.35 bits per heavy atom. The fraction of sp³-hybridized carbons (Fsp3) is 0.600. The first kappa shape index (κ1) is 13.4. The Balaban J connectivity index is 1.76. The zero-order valence-electron chi connectivity index (χ0n) is 12.4. The predicted octanol–water partition coefficient (Wildman–Crippen LogP) is 2.63. The van der Waals surface area contributed by atoms with E-state index < -0.39 is 0 Å². The number of aromatic nitrogens is 3. The van der Waals surface area contributed by atoms with Gasteiger partial charge in [-0.25, -0.2) is 9.97 Å².